The lowest BCUT2D eigenvalue weighted by Gasteiger charge is -2.01. The Kier molecular flexibility index (Phi) is 2.86. The molecule has 2 N–H and O–H groups in total. The molecule has 22 heavy (non-hydrogen) atoms. The first-order chi connectivity index (χ1) is 10.8. The first-order valence-corrected chi connectivity index (χ1v) is 7.01. The van der Waals surface area contributed by atoms with Crippen molar-refractivity contribution in [3.8, 4) is 28.4 Å². The van der Waals surface area contributed by atoms with Gasteiger partial charge in [-0.15, -0.1) is 0 Å². The van der Waals surface area contributed by atoms with Crippen LogP contribution in [0.15, 0.2) is 66.9 Å². The van der Waals surface area contributed by atoms with E-state index in [-0.39, 0.29) is 5.75 Å². The van der Waals surface area contributed by atoms with Crippen LogP contribution in [-0.2, 0) is 0 Å². The van der Waals surface area contributed by atoms with Crippen LogP contribution in [0.2, 0.25) is 0 Å². The minimum absolute atomic E-state index is 0.175. The number of phenolic OH excluding ortho intramolecular Hbond substituents is 1. The van der Waals surface area contributed by atoms with Crippen LogP contribution >= 0.6 is 0 Å². The van der Waals surface area contributed by atoms with Gasteiger partial charge < -0.3 is 10.1 Å². The summed E-state index contributed by atoms with van der Waals surface area (Å²) in [5.74, 6) is 0.873. The van der Waals surface area contributed by atoms with Gasteiger partial charge in [0.2, 0.25) is 0 Å². The Bertz CT molecular complexity index is 928. The normalized spacial score (nSPS) is 10.9. The SMILES string of the molecule is Oc1cccc2[nH]c(-c3ccc(-c4ccccc4)nc3)nc12. The number of aromatic hydroxyl groups is 1. The van der Waals surface area contributed by atoms with Gasteiger partial charge >= 0.3 is 0 Å². The number of fused-ring (bicyclic) bond motifs is 1. The molecule has 0 spiro atoms. The maximum absolute atomic E-state index is 9.83. The number of imidazole rings is 1. The van der Waals surface area contributed by atoms with Crippen molar-refractivity contribution < 1.29 is 5.11 Å². The molecule has 4 nitrogen and oxygen atoms in total. The van der Waals surface area contributed by atoms with Gasteiger partial charge in [-0.1, -0.05) is 36.4 Å². The predicted octanol–water partition coefficient (Wildman–Crippen LogP) is 4.00. The molecule has 4 aromatic rings. The number of hydrogen-bond acceptors (Lipinski definition) is 3. The van der Waals surface area contributed by atoms with E-state index in [1.54, 1.807) is 18.3 Å². The van der Waals surface area contributed by atoms with Gasteiger partial charge in [-0.3, -0.25) is 4.98 Å². The second kappa shape index (κ2) is 5.00. The van der Waals surface area contributed by atoms with Gasteiger partial charge in [-0.2, -0.15) is 0 Å². The van der Waals surface area contributed by atoms with Gasteiger partial charge in [-0.25, -0.2) is 4.98 Å². The maximum atomic E-state index is 9.83. The Balaban J connectivity index is 1.74. The van der Waals surface area contributed by atoms with Crippen molar-refractivity contribution in [2.45, 2.75) is 0 Å². The smallest absolute Gasteiger partial charge is 0.143 e. The molecule has 0 radical (unpaired) electrons. The zero-order valence-corrected chi connectivity index (χ0v) is 11.7. The Morgan fingerprint density at radius 3 is 2.41 bits per heavy atom. The van der Waals surface area contributed by atoms with Crippen molar-refractivity contribution in [1.82, 2.24) is 15.0 Å². The Morgan fingerprint density at radius 2 is 1.68 bits per heavy atom. The highest BCUT2D eigenvalue weighted by atomic mass is 16.3. The monoisotopic (exact) mass is 287 g/mol. The Labute approximate surface area is 127 Å². The fourth-order valence-corrected chi connectivity index (χ4v) is 2.47. The van der Waals surface area contributed by atoms with Crippen LogP contribution in [0.3, 0.4) is 0 Å². The number of para-hydroxylation sites is 1. The fraction of sp³-hybridized carbons (Fsp3) is 0. The number of H-pyrrole nitrogens is 1. The molecule has 0 aliphatic carbocycles. The van der Waals surface area contributed by atoms with E-state index < -0.39 is 0 Å². The number of phenols is 1. The molecule has 0 fully saturated rings. The summed E-state index contributed by atoms with van der Waals surface area (Å²) in [5.41, 5.74) is 4.27. The summed E-state index contributed by atoms with van der Waals surface area (Å²) in [6, 6.07) is 19.3. The number of aromatic amines is 1. The third-order valence-electron chi connectivity index (χ3n) is 3.60. The predicted molar refractivity (Wildman–Crippen MR) is 86.4 cm³/mol. The molecule has 106 valence electrons. The maximum Gasteiger partial charge on any atom is 0.143 e. The van der Waals surface area contributed by atoms with Crippen molar-refractivity contribution in [2.75, 3.05) is 0 Å². The molecule has 0 unspecified atom stereocenters. The highest BCUT2D eigenvalue weighted by molar-refractivity contribution is 5.84. The zero-order valence-electron chi connectivity index (χ0n) is 11.7. The largest absolute Gasteiger partial charge is 0.506 e. The summed E-state index contributed by atoms with van der Waals surface area (Å²) in [6.45, 7) is 0. The van der Waals surface area contributed by atoms with E-state index in [9.17, 15) is 5.11 Å². The molecule has 2 aromatic heterocycles. The minimum Gasteiger partial charge on any atom is -0.506 e. The summed E-state index contributed by atoms with van der Waals surface area (Å²) in [4.78, 5) is 12.1. The summed E-state index contributed by atoms with van der Waals surface area (Å²) >= 11 is 0. The quantitative estimate of drug-likeness (QED) is 0.586. The molecule has 4 heteroatoms. The van der Waals surface area contributed by atoms with Crippen LogP contribution < -0.4 is 0 Å². The molecule has 0 bridgehead atoms. The van der Waals surface area contributed by atoms with Crippen molar-refractivity contribution in [3.05, 3.63) is 66.9 Å². The third-order valence-corrected chi connectivity index (χ3v) is 3.60. The molecular weight excluding hydrogens is 274 g/mol. The van der Waals surface area contributed by atoms with Gasteiger partial charge in [0.05, 0.1) is 11.2 Å². The molecule has 4 rings (SSSR count). The van der Waals surface area contributed by atoms with Gasteiger partial charge in [0.15, 0.2) is 0 Å². The average molecular weight is 287 g/mol. The number of nitrogens with one attached hydrogen (secondary N) is 1. The van der Waals surface area contributed by atoms with Gasteiger partial charge in [0, 0.05) is 17.3 Å². The zero-order chi connectivity index (χ0) is 14.9. The molecule has 0 saturated heterocycles. The van der Waals surface area contributed by atoms with E-state index in [4.69, 9.17) is 0 Å². The van der Waals surface area contributed by atoms with Gasteiger partial charge in [-0.05, 0) is 24.3 Å². The van der Waals surface area contributed by atoms with E-state index in [0.717, 1.165) is 22.3 Å². The number of pyridine rings is 1. The van der Waals surface area contributed by atoms with E-state index in [0.29, 0.717) is 11.3 Å². The van der Waals surface area contributed by atoms with Crippen molar-refractivity contribution in [1.29, 1.82) is 0 Å². The molecule has 0 aliphatic rings. The number of aromatic nitrogens is 3. The van der Waals surface area contributed by atoms with Crippen LogP contribution in [0.4, 0.5) is 0 Å². The third kappa shape index (κ3) is 2.11. The molecule has 2 aromatic carbocycles. The van der Waals surface area contributed by atoms with Crippen LogP contribution in [0.1, 0.15) is 0 Å². The van der Waals surface area contributed by atoms with Gasteiger partial charge in [0.1, 0.15) is 17.1 Å². The summed E-state index contributed by atoms with van der Waals surface area (Å²) in [6.07, 6.45) is 1.79. The summed E-state index contributed by atoms with van der Waals surface area (Å²) < 4.78 is 0. The summed E-state index contributed by atoms with van der Waals surface area (Å²) in [7, 11) is 0. The van der Waals surface area contributed by atoms with Crippen LogP contribution in [0, 0.1) is 0 Å². The Hall–Kier alpha value is -3.14. The standard InChI is InChI=1S/C18H13N3O/c22-16-8-4-7-15-17(16)21-18(20-15)13-9-10-14(19-11-13)12-5-2-1-3-6-12/h1-11,22H,(H,20,21). The molecular formula is C18H13N3O. The van der Waals surface area contributed by atoms with E-state index in [1.807, 2.05) is 48.5 Å². The molecule has 0 aliphatic heterocycles. The van der Waals surface area contributed by atoms with Crippen molar-refractivity contribution >= 4 is 11.0 Å². The lowest BCUT2D eigenvalue weighted by molar-refractivity contribution is 0.480. The molecule has 0 atom stereocenters. The minimum atomic E-state index is 0.175. The fourth-order valence-electron chi connectivity index (χ4n) is 2.47. The van der Waals surface area contributed by atoms with Gasteiger partial charge in [0.25, 0.3) is 0 Å². The lowest BCUT2D eigenvalue weighted by Crippen LogP contribution is -1.86. The average Bonchev–Trinajstić information content (AvgIpc) is 3.02. The topological polar surface area (TPSA) is 61.8 Å². The molecule has 0 saturated carbocycles. The van der Waals surface area contributed by atoms with E-state index >= 15 is 0 Å². The highest BCUT2D eigenvalue weighted by Gasteiger charge is 2.09. The first kappa shape index (κ1) is 12.6. The number of rotatable bonds is 2. The van der Waals surface area contributed by atoms with Crippen LogP contribution in [-0.4, -0.2) is 20.1 Å². The van der Waals surface area contributed by atoms with Crippen LogP contribution in [0.25, 0.3) is 33.7 Å². The second-order valence-corrected chi connectivity index (χ2v) is 5.06. The number of hydrogen-bond donors (Lipinski definition) is 2. The lowest BCUT2D eigenvalue weighted by atomic mass is 10.1. The van der Waals surface area contributed by atoms with E-state index in [2.05, 4.69) is 15.0 Å². The van der Waals surface area contributed by atoms with E-state index in [1.165, 1.54) is 0 Å². The van der Waals surface area contributed by atoms with Crippen molar-refractivity contribution in [3.63, 3.8) is 0 Å². The first-order valence-electron chi connectivity index (χ1n) is 7.01. The number of benzene rings is 2. The molecule has 0 amide bonds. The molecule has 2 heterocycles. The highest BCUT2D eigenvalue weighted by Crippen LogP contribution is 2.26. The Morgan fingerprint density at radius 1 is 0.818 bits per heavy atom. The van der Waals surface area contributed by atoms with Crippen LogP contribution in [0.5, 0.6) is 5.75 Å². The second-order valence-electron chi connectivity index (χ2n) is 5.06. The van der Waals surface area contributed by atoms with Crippen molar-refractivity contribution in [2.24, 2.45) is 0 Å². The number of nitrogens with zero attached hydrogens (tertiary/aromatic N) is 2. The summed E-state index contributed by atoms with van der Waals surface area (Å²) in [5, 5.41) is 9.83.